The third kappa shape index (κ3) is 5.82. The van der Waals surface area contributed by atoms with Gasteiger partial charge in [-0.2, -0.15) is 0 Å². The van der Waals surface area contributed by atoms with Crippen LogP contribution in [0.1, 0.15) is 25.0 Å². The molecular weight excluding hydrogens is 312 g/mol. The first-order chi connectivity index (χ1) is 12.0. The molecule has 2 rings (SSSR count). The molecule has 2 aromatic rings. The molecule has 134 valence electrons. The Kier molecular flexibility index (Phi) is 6.87. The Balaban J connectivity index is 1.85. The number of methoxy groups -OCH3 is 1. The summed E-state index contributed by atoms with van der Waals surface area (Å²) in [4.78, 5) is 14.4. The smallest absolute Gasteiger partial charge is 0.239 e. The summed E-state index contributed by atoms with van der Waals surface area (Å²) in [7, 11) is 1.66. The zero-order chi connectivity index (χ0) is 18.2. The normalized spacial score (nSPS) is 10.6. The van der Waals surface area contributed by atoms with Crippen LogP contribution in [0.2, 0.25) is 0 Å². The lowest BCUT2D eigenvalue weighted by molar-refractivity contribution is -0.119. The molecule has 0 bridgehead atoms. The molecule has 0 saturated carbocycles. The van der Waals surface area contributed by atoms with Crippen molar-refractivity contribution in [3.8, 4) is 5.75 Å². The molecule has 4 heteroatoms. The average molecular weight is 340 g/mol. The van der Waals surface area contributed by atoms with Crippen LogP contribution in [0.15, 0.2) is 48.5 Å². The summed E-state index contributed by atoms with van der Waals surface area (Å²) < 4.78 is 5.15. The maximum absolute atomic E-state index is 12.3. The molecular formula is C21H28N2O2. The topological polar surface area (TPSA) is 41.6 Å². The Labute approximate surface area is 150 Å². The summed E-state index contributed by atoms with van der Waals surface area (Å²) in [5.74, 6) is 0.890. The highest BCUT2D eigenvalue weighted by molar-refractivity contribution is 5.81. The van der Waals surface area contributed by atoms with Crippen LogP contribution in [-0.4, -0.2) is 32.1 Å². The van der Waals surface area contributed by atoms with Gasteiger partial charge in [-0.3, -0.25) is 4.79 Å². The number of nitrogens with zero attached hydrogens (tertiary/aromatic N) is 1. The highest BCUT2D eigenvalue weighted by atomic mass is 16.5. The number of aryl methyl sites for hydroxylation is 1. The van der Waals surface area contributed by atoms with E-state index in [9.17, 15) is 4.79 Å². The third-order valence-electron chi connectivity index (χ3n) is 4.20. The summed E-state index contributed by atoms with van der Waals surface area (Å²) >= 11 is 0. The van der Waals surface area contributed by atoms with E-state index < -0.39 is 0 Å². The number of carbonyl (C=O) groups excluding carboxylic acids is 1. The highest BCUT2D eigenvalue weighted by Gasteiger charge is 2.14. The number of benzene rings is 2. The van der Waals surface area contributed by atoms with Gasteiger partial charge in [-0.05, 0) is 57.0 Å². The van der Waals surface area contributed by atoms with E-state index in [-0.39, 0.29) is 11.9 Å². The van der Waals surface area contributed by atoms with E-state index in [4.69, 9.17) is 4.74 Å². The average Bonchev–Trinajstić information content (AvgIpc) is 2.61. The van der Waals surface area contributed by atoms with Crippen molar-refractivity contribution in [3.63, 3.8) is 0 Å². The number of rotatable bonds is 8. The molecule has 0 aliphatic heterocycles. The van der Waals surface area contributed by atoms with Crippen LogP contribution in [-0.2, 0) is 11.2 Å². The first kappa shape index (κ1) is 18.8. The minimum absolute atomic E-state index is 0.0442. The monoisotopic (exact) mass is 340 g/mol. The fourth-order valence-electron chi connectivity index (χ4n) is 2.66. The van der Waals surface area contributed by atoms with Gasteiger partial charge in [0.2, 0.25) is 5.91 Å². The minimum Gasteiger partial charge on any atom is -0.497 e. The van der Waals surface area contributed by atoms with Gasteiger partial charge in [0.25, 0.3) is 0 Å². The molecule has 0 unspecified atom stereocenters. The number of amides is 1. The number of hydrogen-bond donors (Lipinski definition) is 1. The van der Waals surface area contributed by atoms with Crippen molar-refractivity contribution < 1.29 is 9.53 Å². The van der Waals surface area contributed by atoms with E-state index >= 15 is 0 Å². The van der Waals surface area contributed by atoms with Crippen LogP contribution >= 0.6 is 0 Å². The molecule has 0 heterocycles. The van der Waals surface area contributed by atoms with Gasteiger partial charge >= 0.3 is 0 Å². The van der Waals surface area contributed by atoms with E-state index in [2.05, 4.69) is 55.3 Å². The summed E-state index contributed by atoms with van der Waals surface area (Å²) in [5, 5.41) is 3.01. The van der Waals surface area contributed by atoms with Gasteiger partial charge in [-0.1, -0.05) is 29.8 Å². The van der Waals surface area contributed by atoms with E-state index in [1.807, 2.05) is 24.3 Å². The Morgan fingerprint density at radius 2 is 1.72 bits per heavy atom. The van der Waals surface area contributed by atoms with Crippen LogP contribution < -0.4 is 15.0 Å². The second kappa shape index (κ2) is 9.11. The summed E-state index contributed by atoms with van der Waals surface area (Å²) in [6.45, 7) is 7.26. The number of hydrogen-bond acceptors (Lipinski definition) is 3. The number of anilines is 1. The quantitative estimate of drug-likeness (QED) is 0.799. The number of carbonyl (C=O) groups is 1. The molecule has 0 fully saturated rings. The lowest BCUT2D eigenvalue weighted by Gasteiger charge is -2.28. The van der Waals surface area contributed by atoms with Crippen molar-refractivity contribution in [1.29, 1.82) is 0 Å². The van der Waals surface area contributed by atoms with Crippen LogP contribution in [0.3, 0.4) is 0 Å². The Hall–Kier alpha value is -2.49. The van der Waals surface area contributed by atoms with E-state index in [1.165, 1.54) is 11.1 Å². The van der Waals surface area contributed by atoms with E-state index in [1.54, 1.807) is 7.11 Å². The van der Waals surface area contributed by atoms with Crippen LogP contribution in [0, 0.1) is 6.92 Å². The van der Waals surface area contributed by atoms with E-state index in [0.29, 0.717) is 13.1 Å². The summed E-state index contributed by atoms with van der Waals surface area (Å²) in [6, 6.07) is 16.5. The van der Waals surface area contributed by atoms with Gasteiger partial charge in [0.15, 0.2) is 0 Å². The standard InChI is InChI=1S/C21H28N2O2/c1-16(2)23(19-9-5-17(3)6-10-19)15-21(24)22-14-13-18-7-11-20(25-4)12-8-18/h5-12,16H,13-15H2,1-4H3,(H,22,24). The van der Waals surface area contributed by atoms with E-state index in [0.717, 1.165) is 17.9 Å². The molecule has 0 radical (unpaired) electrons. The molecule has 0 spiro atoms. The lowest BCUT2D eigenvalue weighted by atomic mass is 10.1. The first-order valence-electron chi connectivity index (χ1n) is 8.72. The molecule has 0 saturated heterocycles. The van der Waals surface area contributed by atoms with Crippen LogP contribution in [0.5, 0.6) is 5.75 Å². The lowest BCUT2D eigenvalue weighted by Crippen LogP contribution is -2.41. The third-order valence-corrected chi connectivity index (χ3v) is 4.20. The number of nitrogens with one attached hydrogen (secondary N) is 1. The fraction of sp³-hybridized carbons (Fsp3) is 0.381. The number of ether oxygens (including phenoxy) is 1. The molecule has 0 atom stereocenters. The van der Waals surface area contributed by atoms with Crippen LogP contribution in [0.25, 0.3) is 0 Å². The molecule has 0 aromatic heterocycles. The van der Waals surface area contributed by atoms with Crippen molar-refractivity contribution in [2.75, 3.05) is 25.1 Å². The maximum Gasteiger partial charge on any atom is 0.239 e. The van der Waals surface area contributed by atoms with Gasteiger partial charge in [0.1, 0.15) is 5.75 Å². The van der Waals surface area contributed by atoms with Crippen molar-refractivity contribution in [2.24, 2.45) is 0 Å². The SMILES string of the molecule is COc1ccc(CCNC(=O)CN(c2ccc(C)cc2)C(C)C)cc1. The Bertz CT molecular complexity index is 663. The van der Waals surface area contributed by atoms with Crippen molar-refractivity contribution in [2.45, 2.75) is 33.2 Å². The molecule has 4 nitrogen and oxygen atoms in total. The predicted octanol–water partition coefficient (Wildman–Crippen LogP) is 3.58. The maximum atomic E-state index is 12.3. The molecule has 25 heavy (non-hydrogen) atoms. The van der Waals surface area contributed by atoms with Gasteiger partial charge in [0, 0.05) is 18.3 Å². The Morgan fingerprint density at radius 3 is 2.28 bits per heavy atom. The molecule has 1 amide bonds. The zero-order valence-corrected chi connectivity index (χ0v) is 15.6. The molecule has 2 aromatic carbocycles. The Morgan fingerprint density at radius 1 is 1.08 bits per heavy atom. The predicted molar refractivity (Wildman–Crippen MR) is 103 cm³/mol. The second-order valence-electron chi connectivity index (χ2n) is 6.51. The summed E-state index contributed by atoms with van der Waals surface area (Å²) in [5.41, 5.74) is 3.47. The van der Waals surface area contributed by atoms with Crippen molar-refractivity contribution in [3.05, 3.63) is 59.7 Å². The van der Waals surface area contributed by atoms with Gasteiger partial charge in [-0.25, -0.2) is 0 Å². The van der Waals surface area contributed by atoms with Gasteiger partial charge < -0.3 is 15.0 Å². The second-order valence-corrected chi connectivity index (χ2v) is 6.51. The highest BCUT2D eigenvalue weighted by Crippen LogP contribution is 2.17. The largest absolute Gasteiger partial charge is 0.497 e. The van der Waals surface area contributed by atoms with Crippen molar-refractivity contribution >= 4 is 11.6 Å². The first-order valence-corrected chi connectivity index (χ1v) is 8.72. The molecule has 1 N–H and O–H groups in total. The van der Waals surface area contributed by atoms with Crippen molar-refractivity contribution in [1.82, 2.24) is 5.32 Å². The van der Waals surface area contributed by atoms with Crippen LogP contribution in [0.4, 0.5) is 5.69 Å². The van der Waals surface area contributed by atoms with Gasteiger partial charge in [-0.15, -0.1) is 0 Å². The molecule has 0 aliphatic rings. The zero-order valence-electron chi connectivity index (χ0n) is 15.6. The summed E-state index contributed by atoms with van der Waals surface area (Å²) in [6.07, 6.45) is 0.807. The fourth-order valence-corrected chi connectivity index (χ4v) is 2.66. The van der Waals surface area contributed by atoms with Gasteiger partial charge in [0.05, 0.1) is 13.7 Å². The minimum atomic E-state index is 0.0442. The molecule has 0 aliphatic carbocycles.